The number of ether oxygens (including phenoxy) is 1. The molecule has 1 saturated heterocycles. The van der Waals surface area contributed by atoms with Gasteiger partial charge in [0.1, 0.15) is 0 Å². The maximum absolute atomic E-state index is 5.31. The van der Waals surface area contributed by atoms with Gasteiger partial charge in [0.15, 0.2) is 5.96 Å². The number of nitrogens with one attached hydrogen (secondary N) is 1. The monoisotopic (exact) mass is 329 g/mol. The zero-order chi connectivity index (χ0) is 16.8. The fourth-order valence-electron chi connectivity index (χ4n) is 4.24. The van der Waals surface area contributed by atoms with Crippen LogP contribution in [0.4, 0.5) is 0 Å². The van der Waals surface area contributed by atoms with Crippen molar-refractivity contribution in [3.05, 3.63) is 35.4 Å². The molecule has 3 rings (SSSR count). The first-order valence-corrected chi connectivity index (χ1v) is 9.35. The molecule has 0 amide bonds. The highest BCUT2D eigenvalue weighted by Gasteiger charge is 2.41. The zero-order valence-electron chi connectivity index (χ0n) is 15.2. The van der Waals surface area contributed by atoms with Crippen LogP contribution in [0.3, 0.4) is 0 Å². The number of rotatable bonds is 5. The third kappa shape index (κ3) is 3.92. The standard InChI is InChI=1S/C20H31N3O/c1-3-21-19(23-13-12-20(16-23)10-6-7-11-20)22-14-17-8-4-5-9-18(17)15-24-2/h4-5,8-9H,3,6-7,10-16H2,1-2H3,(H,21,22). The fourth-order valence-corrected chi connectivity index (χ4v) is 4.24. The molecule has 4 nitrogen and oxygen atoms in total. The Morgan fingerprint density at radius 2 is 1.96 bits per heavy atom. The molecular formula is C20H31N3O. The maximum atomic E-state index is 5.31. The highest BCUT2D eigenvalue weighted by atomic mass is 16.5. The topological polar surface area (TPSA) is 36.9 Å². The molecule has 0 bridgehead atoms. The van der Waals surface area contributed by atoms with Gasteiger partial charge in [0.05, 0.1) is 13.2 Å². The number of nitrogens with zero attached hydrogens (tertiary/aromatic N) is 2. The highest BCUT2D eigenvalue weighted by molar-refractivity contribution is 5.80. The van der Waals surface area contributed by atoms with Gasteiger partial charge in [-0.25, -0.2) is 4.99 Å². The molecule has 1 aliphatic carbocycles. The van der Waals surface area contributed by atoms with Crippen molar-refractivity contribution in [1.82, 2.24) is 10.2 Å². The van der Waals surface area contributed by atoms with Crippen molar-refractivity contribution in [2.45, 2.75) is 52.2 Å². The summed E-state index contributed by atoms with van der Waals surface area (Å²) in [6.45, 7) is 6.75. The number of methoxy groups -OCH3 is 1. The highest BCUT2D eigenvalue weighted by Crippen LogP contribution is 2.45. The maximum Gasteiger partial charge on any atom is 0.194 e. The Bertz CT molecular complexity index is 564. The van der Waals surface area contributed by atoms with Crippen LogP contribution < -0.4 is 5.32 Å². The second-order valence-corrected chi connectivity index (χ2v) is 7.25. The van der Waals surface area contributed by atoms with E-state index in [9.17, 15) is 0 Å². The fraction of sp³-hybridized carbons (Fsp3) is 0.650. The molecule has 24 heavy (non-hydrogen) atoms. The lowest BCUT2D eigenvalue weighted by molar-refractivity contribution is 0.184. The second kappa shape index (κ2) is 8.02. The lowest BCUT2D eigenvalue weighted by Crippen LogP contribution is -2.41. The van der Waals surface area contributed by atoms with Gasteiger partial charge in [0.2, 0.25) is 0 Å². The third-order valence-electron chi connectivity index (χ3n) is 5.55. The van der Waals surface area contributed by atoms with Gasteiger partial charge in [-0.1, -0.05) is 37.1 Å². The number of benzene rings is 1. The van der Waals surface area contributed by atoms with Crippen molar-refractivity contribution >= 4 is 5.96 Å². The van der Waals surface area contributed by atoms with E-state index in [-0.39, 0.29) is 0 Å². The Balaban J connectivity index is 1.70. The van der Waals surface area contributed by atoms with E-state index in [1.54, 1.807) is 7.11 Å². The molecule has 1 spiro atoms. The van der Waals surface area contributed by atoms with E-state index in [0.717, 1.165) is 19.0 Å². The van der Waals surface area contributed by atoms with Crippen LogP contribution in [0, 0.1) is 5.41 Å². The molecule has 1 saturated carbocycles. The third-order valence-corrected chi connectivity index (χ3v) is 5.55. The van der Waals surface area contributed by atoms with Crippen molar-refractivity contribution in [3.8, 4) is 0 Å². The number of hydrogen-bond donors (Lipinski definition) is 1. The van der Waals surface area contributed by atoms with Crippen molar-refractivity contribution in [2.24, 2.45) is 10.4 Å². The van der Waals surface area contributed by atoms with Gasteiger partial charge in [-0.2, -0.15) is 0 Å². The minimum atomic E-state index is 0.574. The Labute approximate surface area is 146 Å². The molecule has 1 aliphatic heterocycles. The Morgan fingerprint density at radius 1 is 1.21 bits per heavy atom. The lowest BCUT2D eigenvalue weighted by atomic mass is 9.86. The molecule has 1 aromatic carbocycles. The van der Waals surface area contributed by atoms with Gasteiger partial charge < -0.3 is 15.0 Å². The van der Waals surface area contributed by atoms with Gasteiger partial charge in [-0.05, 0) is 42.7 Å². The van der Waals surface area contributed by atoms with Crippen molar-refractivity contribution < 1.29 is 4.74 Å². The molecule has 0 unspecified atom stereocenters. The predicted molar refractivity (Wildman–Crippen MR) is 99.1 cm³/mol. The summed E-state index contributed by atoms with van der Waals surface area (Å²) in [6.07, 6.45) is 6.95. The first kappa shape index (κ1) is 17.3. The summed E-state index contributed by atoms with van der Waals surface area (Å²) in [7, 11) is 1.75. The molecule has 1 aromatic rings. The van der Waals surface area contributed by atoms with Crippen LogP contribution in [0.2, 0.25) is 0 Å². The Hall–Kier alpha value is -1.55. The zero-order valence-corrected chi connectivity index (χ0v) is 15.2. The minimum absolute atomic E-state index is 0.574. The molecule has 0 atom stereocenters. The molecule has 132 valence electrons. The van der Waals surface area contributed by atoms with Gasteiger partial charge >= 0.3 is 0 Å². The summed E-state index contributed by atoms with van der Waals surface area (Å²) in [5.41, 5.74) is 3.06. The molecule has 2 aliphatic rings. The lowest BCUT2D eigenvalue weighted by Gasteiger charge is -2.26. The average Bonchev–Trinajstić information content (AvgIpc) is 3.23. The molecule has 2 fully saturated rings. The van der Waals surface area contributed by atoms with Crippen LogP contribution in [-0.2, 0) is 17.9 Å². The van der Waals surface area contributed by atoms with Crippen molar-refractivity contribution in [1.29, 1.82) is 0 Å². The molecule has 0 aromatic heterocycles. The van der Waals surface area contributed by atoms with E-state index in [1.165, 1.54) is 49.8 Å². The summed E-state index contributed by atoms with van der Waals surface area (Å²) in [5, 5.41) is 3.50. The van der Waals surface area contributed by atoms with Gasteiger partial charge in [-0.3, -0.25) is 0 Å². The Morgan fingerprint density at radius 3 is 2.67 bits per heavy atom. The molecule has 1 N–H and O–H groups in total. The molecular weight excluding hydrogens is 298 g/mol. The van der Waals surface area contributed by atoms with E-state index in [0.29, 0.717) is 18.6 Å². The number of aliphatic imine (C=N–C) groups is 1. The number of guanidine groups is 1. The smallest absolute Gasteiger partial charge is 0.194 e. The van der Waals surface area contributed by atoms with Crippen molar-refractivity contribution in [3.63, 3.8) is 0 Å². The number of likely N-dealkylation sites (tertiary alicyclic amines) is 1. The van der Waals surface area contributed by atoms with E-state index < -0.39 is 0 Å². The van der Waals surface area contributed by atoms with Crippen molar-refractivity contribution in [2.75, 3.05) is 26.7 Å². The van der Waals surface area contributed by atoms with Crippen LogP contribution in [-0.4, -0.2) is 37.6 Å². The van der Waals surface area contributed by atoms with Gasteiger partial charge in [0.25, 0.3) is 0 Å². The van der Waals surface area contributed by atoms with Crippen LogP contribution in [0.15, 0.2) is 29.3 Å². The first-order chi connectivity index (χ1) is 11.8. The van der Waals surface area contributed by atoms with E-state index in [1.807, 2.05) is 0 Å². The normalized spacial score (nSPS) is 20.1. The average molecular weight is 329 g/mol. The molecule has 4 heteroatoms. The van der Waals surface area contributed by atoms with Crippen LogP contribution >= 0.6 is 0 Å². The van der Waals surface area contributed by atoms with Crippen LogP contribution in [0.5, 0.6) is 0 Å². The van der Waals surface area contributed by atoms with E-state index in [2.05, 4.69) is 41.4 Å². The summed E-state index contributed by atoms with van der Waals surface area (Å²) >= 11 is 0. The largest absolute Gasteiger partial charge is 0.380 e. The summed E-state index contributed by atoms with van der Waals surface area (Å²) in [6, 6.07) is 8.44. The van der Waals surface area contributed by atoms with E-state index in [4.69, 9.17) is 9.73 Å². The number of hydrogen-bond acceptors (Lipinski definition) is 2. The van der Waals surface area contributed by atoms with Crippen LogP contribution in [0.1, 0.15) is 50.2 Å². The molecule has 0 radical (unpaired) electrons. The summed E-state index contributed by atoms with van der Waals surface area (Å²) in [4.78, 5) is 7.42. The van der Waals surface area contributed by atoms with Gasteiger partial charge in [-0.15, -0.1) is 0 Å². The quantitative estimate of drug-likeness (QED) is 0.663. The second-order valence-electron chi connectivity index (χ2n) is 7.25. The molecule has 1 heterocycles. The SMILES string of the molecule is CCNC(=NCc1ccccc1COC)N1CCC2(CCCC2)C1. The van der Waals surface area contributed by atoms with Crippen LogP contribution in [0.25, 0.3) is 0 Å². The van der Waals surface area contributed by atoms with E-state index >= 15 is 0 Å². The predicted octanol–water partition coefficient (Wildman–Crippen LogP) is 3.56. The minimum Gasteiger partial charge on any atom is -0.380 e. The Kier molecular flexibility index (Phi) is 5.77. The summed E-state index contributed by atoms with van der Waals surface area (Å²) in [5.74, 6) is 1.08. The van der Waals surface area contributed by atoms with Gasteiger partial charge in [0, 0.05) is 26.7 Å². The first-order valence-electron chi connectivity index (χ1n) is 9.35. The summed E-state index contributed by atoms with van der Waals surface area (Å²) < 4.78 is 5.31.